The van der Waals surface area contributed by atoms with Gasteiger partial charge in [-0.15, -0.1) is 0 Å². The summed E-state index contributed by atoms with van der Waals surface area (Å²) >= 11 is 8.95. The molecule has 1 heterocycles. The normalized spacial score (nSPS) is 16.3. The molecule has 1 fully saturated rings. The Hall–Kier alpha value is -0.870. The standard InChI is InChI=1S/C14H15BrN2S/c15-11-6-3-7-12(8-11)17-14(18)9-13(16-17)10-4-1-2-5-10/h3,6-10,16H,1-2,4-5H2. The van der Waals surface area contributed by atoms with Crippen LogP contribution in [-0.4, -0.2) is 9.78 Å². The maximum Gasteiger partial charge on any atom is 0.127 e. The Morgan fingerprint density at radius 2 is 2.00 bits per heavy atom. The van der Waals surface area contributed by atoms with Crippen molar-refractivity contribution >= 4 is 28.1 Å². The van der Waals surface area contributed by atoms with E-state index >= 15 is 0 Å². The molecular formula is C14H15BrN2S. The molecule has 3 rings (SSSR count). The van der Waals surface area contributed by atoms with Gasteiger partial charge in [0.15, 0.2) is 0 Å². The third kappa shape index (κ3) is 2.31. The molecule has 1 saturated carbocycles. The maximum atomic E-state index is 5.45. The van der Waals surface area contributed by atoms with Gasteiger partial charge in [-0.25, -0.2) is 4.68 Å². The lowest BCUT2D eigenvalue weighted by Gasteiger charge is -2.07. The van der Waals surface area contributed by atoms with Crippen molar-refractivity contribution in [2.24, 2.45) is 0 Å². The van der Waals surface area contributed by atoms with Gasteiger partial charge in [-0.05, 0) is 37.1 Å². The molecule has 0 spiro atoms. The Morgan fingerprint density at radius 1 is 1.22 bits per heavy atom. The van der Waals surface area contributed by atoms with Crippen molar-refractivity contribution in [3.63, 3.8) is 0 Å². The second-order valence-corrected chi connectivity index (χ2v) is 6.18. The van der Waals surface area contributed by atoms with Gasteiger partial charge in [0.05, 0.1) is 5.69 Å². The van der Waals surface area contributed by atoms with Gasteiger partial charge in [0.25, 0.3) is 0 Å². The van der Waals surface area contributed by atoms with Crippen LogP contribution in [-0.2, 0) is 0 Å². The molecule has 0 bridgehead atoms. The SMILES string of the molecule is S=c1cc(C2CCCC2)[nH]n1-c1cccc(Br)c1. The van der Waals surface area contributed by atoms with Crippen LogP contribution >= 0.6 is 28.1 Å². The Morgan fingerprint density at radius 3 is 2.72 bits per heavy atom. The average molecular weight is 323 g/mol. The first-order valence-corrected chi connectivity index (χ1v) is 7.52. The van der Waals surface area contributed by atoms with Gasteiger partial charge in [0.1, 0.15) is 4.64 Å². The molecule has 2 nitrogen and oxygen atoms in total. The fourth-order valence-electron chi connectivity index (χ4n) is 2.67. The number of benzene rings is 1. The smallest absolute Gasteiger partial charge is 0.127 e. The highest BCUT2D eigenvalue weighted by Gasteiger charge is 2.19. The van der Waals surface area contributed by atoms with Crippen LogP contribution in [0.4, 0.5) is 0 Å². The summed E-state index contributed by atoms with van der Waals surface area (Å²) in [6.07, 6.45) is 5.25. The molecule has 2 aromatic rings. The molecule has 18 heavy (non-hydrogen) atoms. The summed E-state index contributed by atoms with van der Waals surface area (Å²) in [6.45, 7) is 0. The predicted octanol–water partition coefficient (Wildman–Crippen LogP) is 4.95. The first kappa shape index (κ1) is 12.2. The molecule has 0 saturated heterocycles. The number of H-pyrrole nitrogens is 1. The van der Waals surface area contributed by atoms with E-state index in [2.05, 4.69) is 39.2 Å². The zero-order chi connectivity index (χ0) is 12.5. The summed E-state index contributed by atoms with van der Waals surface area (Å²) < 4.78 is 3.92. The van der Waals surface area contributed by atoms with Crippen molar-refractivity contribution in [3.05, 3.63) is 45.1 Å². The van der Waals surface area contributed by atoms with E-state index in [0.717, 1.165) is 14.8 Å². The molecule has 0 aliphatic heterocycles. The van der Waals surface area contributed by atoms with Gasteiger partial charge in [-0.3, -0.25) is 5.10 Å². The first-order chi connectivity index (χ1) is 8.74. The van der Waals surface area contributed by atoms with Crippen LogP contribution in [0.25, 0.3) is 5.69 Å². The number of rotatable bonds is 2. The fourth-order valence-corrected chi connectivity index (χ4v) is 3.33. The van der Waals surface area contributed by atoms with Crippen molar-refractivity contribution in [1.82, 2.24) is 9.78 Å². The minimum atomic E-state index is 0.667. The van der Waals surface area contributed by atoms with Gasteiger partial charge >= 0.3 is 0 Å². The van der Waals surface area contributed by atoms with Crippen LogP contribution in [0, 0.1) is 4.64 Å². The van der Waals surface area contributed by atoms with Crippen LogP contribution in [0.2, 0.25) is 0 Å². The van der Waals surface area contributed by atoms with E-state index in [-0.39, 0.29) is 0 Å². The molecule has 0 unspecified atom stereocenters. The molecule has 1 aliphatic carbocycles. The highest BCUT2D eigenvalue weighted by molar-refractivity contribution is 9.10. The lowest BCUT2D eigenvalue weighted by Crippen LogP contribution is -1.99. The molecule has 94 valence electrons. The summed E-state index contributed by atoms with van der Waals surface area (Å²) in [5.41, 5.74) is 2.37. The van der Waals surface area contributed by atoms with E-state index in [0.29, 0.717) is 5.92 Å². The Bertz CT molecular complexity index is 608. The summed E-state index contributed by atoms with van der Waals surface area (Å²) in [4.78, 5) is 0. The van der Waals surface area contributed by atoms with Crippen LogP contribution in [0.15, 0.2) is 34.8 Å². The number of hydrogen-bond donors (Lipinski definition) is 1. The van der Waals surface area contributed by atoms with Crippen LogP contribution in [0.1, 0.15) is 37.3 Å². The topological polar surface area (TPSA) is 20.7 Å². The number of nitrogens with zero attached hydrogens (tertiary/aromatic N) is 1. The number of aromatic amines is 1. The Kier molecular flexibility index (Phi) is 3.39. The maximum absolute atomic E-state index is 5.45. The second-order valence-electron chi connectivity index (χ2n) is 4.85. The first-order valence-electron chi connectivity index (χ1n) is 6.32. The molecule has 0 atom stereocenters. The zero-order valence-corrected chi connectivity index (χ0v) is 12.4. The van der Waals surface area contributed by atoms with E-state index in [1.807, 2.05) is 16.8 Å². The van der Waals surface area contributed by atoms with Crippen molar-refractivity contribution in [2.45, 2.75) is 31.6 Å². The van der Waals surface area contributed by atoms with E-state index in [1.165, 1.54) is 31.4 Å². The van der Waals surface area contributed by atoms with Crippen molar-refractivity contribution in [3.8, 4) is 5.69 Å². The summed E-state index contributed by atoms with van der Waals surface area (Å²) in [5, 5.41) is 3.46. The molecule has 0 amide bonds. The van der Waals surface area contributed by atoms with Crippen molar-refractivity contribution in [2.75, 3.05) is 0 Å². The summed E-state index contributed by atoms with van der Waals surface area (Å²) in [5.74, 6) is 0.667. The van der Waals surface area contributed by atoms with E-state index in [1.54, 1.807) is 0 Å². The lowest BCUT2D eigenvalue weighted by molar-refractivity contribution is 0.678. The second kappa shape index (κ2) is 5.02. The Balaban J connectivity index is 2.00. The van der Waals surface area contributed by atoms with Gasteiger partial charge in [-0.2, -0.15) is 0 Å². The molecule has 0 radical (unpaired) electrons. The Labute approximate surface area is 120 Å². The van der Waals surface area contributed by atoms with Gasteiger partial charge in [0.2, 0.25) is 0 Å². The third-order valence-corrected chi connectivity index (χ3v) is 4.40. The van der Waals surface area contributed by atoms with Gasteiger partial charge < -0.3 is 0 Å². The van der Waals surface area contributed by atoms with E-state index in [4.69, 9.17) is 12.2 Å². The molecule has 4 heteroatoms. The lowest BCUT2D eigenvalue weighted by atomic mass is 10.1. The summed E-state index contributed by atoms with van der Waals surface area (Å²) in [6, 6.07) is 10.3. The quantitative estimate of drug-likeness (QED) is 0.775. The van der Waals surface area contributed by atoms with E-state index in [9.17, 15) is 0 Å². The molecule has 1 aromatic carbocycles. The fraction of sp³-hybridized carbons (Fsp3) is 0.357. The summed E-state index contributed by atoms with van der Waals surface area (Å²) in [7, 11) is 0. The van der Waals surface area contributed by atoms with Crippen molar-refractivity contribution < 1.29 is 0 Å². The van der Waals surface area contributed by atoms with Crippen LogP contribution < -0.4 is 0 Å². The number of nitrogens with one attached hydrogen (secondary N) is 1. The van der Waals surface area contributed by atoms with Crippen LogP contribution in [0.3, 0.4) is 0 Å². The van der Waals surface area contributed by atoms with Crippen LogP contribution in [0.5, 0.6) is 0 Å². The highest BCUT2D eigenvalue weighted by atomic mass is 79.9. The molecule has 1 N–H and O–H groups in total. The number of halogens is 1. The molecule has 1 aliphatic rings. The van der Waals surface area contributed by atoms with Gasteiger partial charge in [-0.1, -0.05) is 47.1 Å². The van der Waals surface area contributed by atoms with E-state index < -0.39 is 0 Å². The minimum Gasteiger partial charge on any atom is -0.297 e. The number of hydrogen-bond acceptors (Lipinski definition) is 1. The van der Waals surface area contributed by atoms with Gasteiger partial charge in [0, 0.05) is 16.1 Å². The largest absolute Gasteiger partial charge is 0.297 e. The molecule has 1 aromatic heterocycles. The molecular weight excluding hydrogens is 308 g/mol. The zero-order valence-electron chi connectivity index (χ0n) is 10.0. The van der Waals surface area contributed by atoms with Crippen molar-refractivity contribution in [1.29, 1.82) is 0 Å². The average Bonchev–Trinajstić information content (AvgIpc) is 2.97. The highest BCUT2D eigenvalue weighted by Crippen LogP contribution is 2.33. The minimum absolute atomic E-state index is 0.667. The monoisotopic (exact) mass is 322 g/mol. The number of aromatic nitrogens is 2. The third-order valence-electron chi connectivity index (χ3n) is 3.60. The predicted molar refractivity (Wildman–Crippen MR) is 79.9 cm³/mol.